The summed E-state index contributed by atoms with van der Waals surface area (Å²) in [5.74, 6) is 0. The number of rotatable bonds is 8. The van der Waals surface area contributed by atoms with Crippen LogP contribution in [0.3, 0.4) is 0 Å². The van der Waals surface area contributed by atoms with E-state index in [4.69, 9.17) is 4.74 Å². The second kappa shape index (κ2) is 8.90. The van der Waals surface area contributed by atoms with Gasteiger partial charge in [0.05, 0.1) is 18.8 Å². The van der Waals surface area contributed by atoms with Crippen LogP contribution in [0, 0.1) is 0 Å². The highest BCUT2D eigenvalue weighted by molar-refractivity contribution is 5.13. The van der Waals surface area contributed by atoms with Crippen LogP contribution in [0.5, 0.6) is 0 Å². The molecule has 0 heterocycles. The molecule has 0 aliphatic rings. The molecule has 1 rings (SSSR count). The number of unbranched alkanes of at least 4 members (excludes halogenated alkanes) is 2. The molecule has 0 saturated carbocycles. The Morgan fingerprint density at radius 3 is 2.67 bits per heavy atom. The van der Waals surface area contributed by atoms with Crippen molar-refractivity contribution in [3.05, 3.63) is 48.0 Å². The van der Waals surface area contributed by atoms with Crippen molar-refractivity contribution in [1.29, 1.82) is 0 Å². The Bertz CT molecular complexity index is 332. The van der Waals surface area contributed by atoms with Crippen molar-refractivity contribution in [3.63, 3.8) is 0 Å². The second-order valence-electron chi connectivity index (χ2n) is 4.56. The van der Waals surface area contributed by atoms with Gasteiger partial charge in [-0.1, -0.05) is 62.2 Å². The summed E-state index contributed by atoms with van der Waals surface area (Å²) in [6.07, 6.45) is 6.55. The van der Waals surface area contributed by atoms with E-state index in [1.807, 2.05) is 49.4 Å². The first-order valence-corrected chi connectivity index (χ1v) is 6.74. The fourth-order valence-corrected chi connectivity index (χ4v) is 1.61. The van der Waals surface area contributed by atoms with Crippen LogP contribution in [0.4, 0.5) is 0 Å². The molecule has 0 bridgehead atoms. The van der Waals surface area contributed by atoms with Gasteiger partial charge in [-0.05, 0) is 18.9 Å². The van der Waals surface area contributed by atoms with Gasteiger partial charge in [-0.2, -0.15) is 0 Å². The lowest BCUT2D eigenvalue weighted by Crippen LogP contribution is -2.23. The zero-order chi connectivity index (χ0) is 13.2. The number of aliphatic hydroxyl groups excluding tert-OH is 1. The van der Waals surface area contributed by atoms with E-state index in [1.165, 1.54) is 12.8 Å². The van der Waals surface area contributed by atoms with E-state index in [2.05, 4.69) is 6.92 Å². The Kier molecular flexibility index (Phi) is 7.38. The average Bonchev–Trinajstić information content (AvgIpc) is 2.42. The van der Waals surface area contributed by atoms with Crippen molar-refractivity contribution in [3.8, 4) is 0 Å². The Hall–Kier alpha value is -1.12. The van der Waals surface area contributed by atoms with Gasteiger partial charge in [0.1, 0.15) is 0 Å². The molecule has 0 aromatic heterocycles. The molecular formula is C16H24O2. The maximum Gasteiger partial charge on any atom is 0.0980 e. The quantitative estimate of drug-likeness (QED) is 0.561. The third-order valence-corrected chi connectivity index (χ3v) is 2.89. The lowest BCUT2D eigenvalue weighted by atomic mass is 10.1. The minimum Gasteiger partial charge on any atom is -0.386 e. The summed E-state index contributed by atoms with van der Waals surface area (Å²) < 4.78 is 5.65. The van der Waals surface area contributed by atoms with Crippen LogP contribution in [0.25, 0.3) is 0 Å². The average molecular weight is 248 g/mol. The molecule has 0 saturated heterocycles. The number of ether oxygens (including phenoxy) is 1. The van der Waals surface area contributed by atoms with E-state index in [0.29, 0.717) is 6.61 Å². The van der Waals surface area contributed by atoms with Crippen LogP contribution < -0.4 is 0 Å². The third-order valence-electron chi connectivity index (χ3n) is 2.89. The van der Waals surface area contributed by atoms with Crippen LogP contribution in [-0.4, -0.2) is 17.3 Å². The Morgan fingerprint density at radius 1 is 1.28 bits per heavy atom. The Morgan fingerprint density at radius 2 is 2.00 bits per heavy atom. The lowest BCUT2D eigenvalue weighted by Gasteiger charge is -2.16. The van der Waals surface area contributed by atoms with Crippen LogP contribution in [0.1, 0.15) is 38.7 Å². The maximum absolute atomic E-state index is 9.88. The predicted octanol–water partition coefficient (Wildman–Crippen LogP) is 3.70. The van der Waals surface area contributed by atoms with Gasteiger partial charge in [-0.25, -0.2) is 0 Å². The highest BCUT2D eigenvalue weighted by Gasteiger charge is 2.11. The standard InChI is InChI=1S/C16H24O2/c1-3-4-5-9-12-16(17)14(2)18-13-15-10-7-6-8-11-15/h6-12,14,16-17H,3-5,13H2,1-2H3/b12-9-/t14-,16-/m0/s1. The van der Waals surface area contributed by atoms with Gasteiger partial charge >= 0.3 is 0 Å². The molecule has 2 nitrogen and oxygen atoms in total. The van der Waals surface area contributed by atoms with Crippen LogP contribution in [0.15, 0.2) is 42.5 Å². The summed E-state index contributed by atoms with van der Waals surface area (Å²) in [4.78, 5) is 0. The van der Waals surface area contributed by atoms with E-state index in [9.17, 15) is 5.11 Å². The molecule has 18 heavy (non-hydrogen) atoms. The normalized spacial score (nSPS) is 14.8. The van der Waals surface area contributed by atoms with E-state index >= 15 is 0 Å². The van der Waals surface area contributed by atoms with E-state index in [1.54, 1.807) is 0 Å². The minimum absolute atomic E-state index is 0.178. The first kappa shape index (κ1) is 14.9. The molecule has 0 spiro atoms. The molecule has 2 atom stereocenters. The third kappa shape index (κ3) is 5.99. The number of hydrogen-bond acceptors (Lipinski definition) is 2. The van der Waals surface area contributed by atoms with E-state index in [-0.39, 0.29) is 6.10 Å². The molecule has 0 unspecified atom stereocenters. The molecule has 0 amide bonds. The van der Waals surface area contributed by atoms with Crippen LogP contribution in [0.2, 0.25) is 0 Å². The topological polar surface area (TPSA) is 29.5 Å². The smallest absolute Gasteiger partial charge is 0.0980 e. The van der Waals surface area contributed by atoms with Crippen LogP contribution >= 0.6 is 0 Å². The molecular weight excluding hydrogens is 224 g/mol. The number of allylic oxidation sites excluding steroid dienone is 1. The fraction of sp³-hybridized carbons (Fsp3) is 0.500. The first-order chi connectivity index (χ1) is 8.74. The summed E-state index contributed by atoms with van der Waals surface area (Å²) in [5, 5.41) is 9.88. The number of benzene rings is 1. The molecule has 0 aliphatic carbocycles. The molecule has 0 aliphatic heterocycles. The van der Waals surface area contributed by atoms with E-state index in [0.717, 1.165) is 12.0 Å². The largest absolute Gasteiger partial charge is 0.386 e. The zero-order valence-electron chi connectivity index (χ0n) is 11.4. The molecule has 1 aromatic rings. The summed E-state index contributed by atoms with van der Waals surface area (Å²) in [7, 11) is 0. The van der Waals surface area contributed by atoms with Gasteiger partial charge in [0.2, 0.25) is 0 Å². The van der Waals surface area contributed by atoms with Gasteiger partial charge in [-0.3, -0.25) is 0 Å². The molecule has 0 fully saturated rings. The maximum atomic E-state index is 9.88. The zero-order valence-corrected chi connectivity index (χ0v) is 11.4. The van der Waals surface area contributed by atoms with Crippen molar-refractivity contribution in [1.82, 2.24) is 0 Å². The molecule has 2 heteroatoms. The van der Waals surface area contributed by atoms with Gasteiger partial charge in [-0.15, -0.1) is 0 Å². The van der Waals surface area contributed by atoms with Gasteiger partial charge in [0.15, 0.2) is 0 Å². The predicted molar refractivity (Wildman–Crippen MR) is 75.4 cm³/mol. The number of aliphatic hydroxyl groups is 1. The van der Waals surface area contributed by atoms with Crippen molar-refractivity contribution in [2.45, 2.75) is 51.9 Å². The Labute approximate surface area is 110 Å². The van der Waals surface area contributed by atoms with Gasteiger partial charge in [0.25, 0.3) is 0 Å². The first-order valence-electron chi connectivity index (χ1n) is 6.74. The monoisotopic (exact) mass is 248 g/mol. The lowest BCUT2D eigenvalue weighted by molar-refractivity contribution is -0.0153. The van der Waals surface area contributed by atoms with Crippen molar-refractivity contribution in [2.75, 3.05) is 0 Å². The van der Waals surface area contributed by atoms with Gasteiger partial charge in [0, 0.05) is 0 Å². The minimum atomic E-state index is -0.523. The second-order valence-corrected chi connectivity index (χ2v) is 4.56. The van der Waals surface area contributed by atoms with Crippen molar-refractivity contribution in [2.24, 2.45) is 0 Å². The molecule has 1 N–H and O–H groups in total. The molecule has 0 radical (unpaired) electrons. The highest BCUT2D eigenvalue weighted by atomic mass is 16.5. The van der Waals surface area contributed by atoms with Crippen LogP contribution in [-0.2, 0) is 11.3 Å². The summed E-state index contributed by atoms with van der Waals surface area (Å²) in [6.45, 7) is 4.61. The fourth-order valence-electron chi connectivity index (χ4n) is 1.61. The SMILES string of the molecule is CCCC/C=C\[C@H](O)[C@H](C)OCc1ccccc1. The highest BCUT2D eigenvalue weighted by Crippen LogP contribution is 2.07. The van der Waals surface area contributed by atoms with E-state index < -0.39 is 6.10 Å². The molecule has 100 valence electrons. The Balaban J connectivity index is 2.27. The van der Waals surface area contributed by atoms with Gasteiger partial charge < -0.3 is 9.84 Å². The number of hydrogen-bond donors (Lipinski definition) is 1. The summed E-state index contributed by atoms with van der Waals surface area (Å²) in [5.41, 5.74) is 1.13. The van der Waals surface area contributed by atoms with Crippen molar-refractivity contribution < 1.29 is 9.84 Å². The summed E-state index contributed by atoms with van der Waals surface area (Å²) >= 11 is 0. The summed E-state index contributed by atoms with van der Waals surface area (Å²) in [6, 6.07) is 10.0. The molecule has 1 aromatic carbocycles. The van der Waals surface area contributed by atoms with Crippen molar-refractivity contribution >= 4 is 0 Å².